The lowest BCUT2D eigenvalue weighted by molar-refractivity contribution is -0.514. The third-order valence-electron chi connectivity index (χ3n) is 0.948. The van der Waals surface area contributed by atoms with E-state index in [2.05, 4.69) is 0 Å². The highest BCUT2D eigenvalue weighted by Crippen LogP contribution is 1.94. The monoisotopic (exact) mass is 222 g/mol. The lowest BCUT2D eigenvalue weighted by atomic mass is 10.6. The fourth-order valence-corrected chi connectivity index (χ4v) is 1.23. The molecule has 10 heavy (non-hydrogen) atoms. The molecule has 0 saturated heterocycles. The first-order chi connectivity index (χ1) is 4.72. The molecular weight excluding hydrogens is 216 g/mol. The molecule has 0 unspecified atom stereocenters. The summed E-state index contributed by atoms with van der Waals surface area (Å²) >= 11 is 21.9. The van der Waals surface area contributed by atoms with Crippen LogP contribution in [-0.2, 0) is 0 Å². The zero-order valence-corrected chi connectivity index (χ0v) is 8.31. The molecule has 0 aromatic rings. The van der Waals surface area contributed by atoms with Gasteiger partial charge in [-0.2, -0.15) is 0 Å². The molecule has 0 aromatic heterocycles. The third-order valence-corrected chi connectivity index (χ3v) is 1.76. The molecule has 1 nitrogen and oxygen atoms in total. The molecule has 0 atom stereocenters. The highest BCUT2D eigenvalue weighted by Gasteiger charge is 2.07. The fourth-order valence-electron chi connectivity index (χ4n) is 0.485. The summed E-state index contributed by atoms with van der Waals surface area (Å²) in [6.07, 6.45) is 0. The number of nitrogens with zero attached hydrogens (tertiary/aromatic N) is 1. The average molecular weight is 224 g/mol. The van der Waals surface area contributed by atoms with Gasteiger partial charge in [0.2, 0.25) is 0 Å². The number of alkyl halides is 2. The summed E-state index contributed by atoms with van der Waals surface area (Å²) in [5.41, 5.74) is 0. The Hall–Kier alpha value is 0.830. The normalized spacial score (nSPS) is 9.60. The summed E-state index contributed by atoms with van der Waals surface area (Å²) in [4.78, 5) is 0. The number of hydrogen-bond donors (Lipinski definition) is 0. The van der Waals surface area contributed by atoms with Gasteiger partial charge in [-0.05, 0) is 0 Å². The van der Waals surface area contributed by atoms with E-state index in [0.29, 0.717) is 24.8 Å². The van der Waals surface area contributed by atoms with Gasteiger partial charge in [-0.15, -0.1) is 23.2 Å². The predicted molar refractivity (Wildman–Crippen MR) is 48.1 cm³/mol. The van der Waals surface area contributed by atoms with Crippen LogP contribution in [0.4, 0.5) is 0 Å². The van der Waals surface area contributed by atoms with Crippen molar-refractivity contribution in [3.05, 3.63) is 0 Å². The van der Waals surface area contributed by atoms with Crippen LogP contribution >= 0.6 is 46.4 Å². The topological polar surface area (TPSA) is 3.01 Å². The second kappa shape index (κ2) is 6.53. The van der Waals surface area contributed by atoms with E-state index in [1.807, 2.05) is 0 Å². The van der Waals surface area contributed by atoms with E-state index in [1.165, 1.54) is 0 Å². The van der Waals surface area contributed by atoms with Gasteiger partial charge in [0.1, 0.15) is 0 Å². The van der Waals surface area contributed by atoms with Crippen molar-refractivity contribution in [1.29, 1.82) is 0 Å². The Morgan fingerprint density at radius 3 is 1.60 bits per heavy atom. The number of halogens is 4. The van der Waals surface area contributed by atoms with Gasteiger partial charge in [0, 0.05) is 23.2 Å². The van der Waals surface area contributed by atoms with Gasteiger partial charge in [-0.1, -0.05) is 0 Å². The summed E-state index contributed by atoms with van der Waals surface area (Å²) in [5.74, 6) is 1.000. The maximum absolute atomic E-state index is 5.49. The summed E-state index contributed by atoms with van der Waals surface area (Å²) in [6, 6.07) is 0. The Kier molecular flexibility index (Phi) is 7.08. The van der Waals surface area contributed by atoms with Crippen LogP contribution in [0.2, 0.25) is 0 Å². The first kappa shape index (κ1) is 10.8. The minimum absolute atomic E-state index is 0.223. The minimum Gasteiger partial charge on any atom is -0.207 e. The fraction of sp³-hybridized carbons (Fsp3) is 0.800. The largest absolute Gasteiger partial charge is 0.341 e. The molecule has 0 N–H and O–H groups in total. The van der Waals surface area contributed by atoms with E-state index in [-0.39, 0.29) is 4.63 Å². The summed E-state index contributed by atoms with van der Waals surface area (Å²) < 4.78 is 1.93. The molecule has 0 fully saturated rings. The van der Waals surface area contributed by atoms with Gasteiger partial charge in [0.15, 0.2) is 13.1 Å². The quantitative estimate of drug-likeness (QED) is 0.391. The van der Waals surface area contributed by atoms with E-state index in [4.69, 9.17) is 46.4 Å². The zero-order chi connectivity index (χ0) is 7.98. The molecule has 0 aliphatic carbocycles. The van der Waals surface area contributed by atoms with Crippen molar-refractivity contribution in [2.24, 2.45) is 0 Å². The van der Waals surface area contributed by atoms with Crippen LogP contribution in [0.5, 0.6) is 0 Å². The van der Waals surface area contributed by atoms with Crippen LogP contribution < -0.4 is 0 Å². The van der Waals surface area contributed by atoms with Crippen molar-refractivity contribution in [1.82, 2.24) is 0 Å². The van der Waals surface area contributed by atoms with Crippen LogP contribution in [0, 0.1) is 0 Å². The average Bonchev–Trinajstić information content (AvgIpc) is 1.87. The summed E-state index contributed by atoms with van der Waals surface area (Å²) in [5, 5.41) is 0. The van der Waals surface area contributed by atoms with E-state index < -0.39 is 0 Å². The Morgan fingerprint density at radius 1 is 1.00 bits per heavy atom. The predicted octanol–water partition coefficient (Wildman–Crippen LogP) is 2.31. The Bertz CT molecular complexity index is 111. The molecule has 0 spiro atoms. The zero-order valence-electron chi connectivity index (χ0n) is 5.29. The molecular formula is C5H8Cl4N+. The molecule has 60 valence electrons. The lowest BCUT2D eigenvalue weighted by Crippen LogP contribution is -2.19. The summed E-state index contributed by atoms with van der Waals surface area (Å²) in [6.45, 7) is 1.27. The maximum Gasteiger partial charge on any atom is 0.341 e. The van der Waals surface area contributed by atoms with E-state index in [0.717, 1.165) is 0 Å². The number of hydrogen-bond acceptors (Lipinski definition) is 0. The second-order valence-corrected chi connectivity index (χ2v) is 3.27. The van der Waals surface area contributed by atoms with Crippen molar-refractivity contribution in [3.63, 3.8) is 0 Å². The molecule has 5 heteroatoms. The van der Waals surface area contributed by atoms with Gasteiger partial charge in [0.25, 0.3) is 0 Å². The van der Waals surface area contributed by atoms with Crippen LogP contribution in [0.3, 0.4) is 0 Å². The van der Waals surface area contributed by atoms with Crippen LogP contribution in [0.25, 0.3) is 0 Å². The smallest absolute Gasteiger partial charge is 0.207 e. The highest BCUT2D eigenvalue weighted by molar-refractivity contribution is 6.94. The van der Waals surface area contributed by atoms with Gasteiger partial charge < -0.3 is 0 Å². The van der Waals surface area contributed by atoms with Crippen molar-refractivity contribution >= 4 is 51.0 Å². The van der Waals surface area contributed by atoms with Crippen molar-refractivity contribution in [2.75, 3.05) is 24.8 Å². The summed E-state index contributed by atoms with van der Waals surface area (Å²) in [7, 11) is 0. The molecule has 0 rings (SSSR count). The first-order valence-corrected chi connectivity index (χ1v) is 4.59. The number of rotatable bonds is 4. The molecule has 0 radical (unpaired) electrons. The van der Waals surface area contributed by atoms with E-state index in [1.54, 1.807) is 4.58 Å². The van der Waals surface area contributed by atoms with Crippen LogP contribution in [0.15, 0.2) is 0 Å². The Morgan fingerprint density at radius 2 is 1.40 bits per heavy atom. The van der Waals surface area contributed by atoms with Gasteiger partial charge in [-0.25, -0.2) is 4.58 Å². The molecule has 0 aliphatic rings. The maximum atomic E-state index is 5.49. The molecule has 0 bridgehead atoms. The van der Waals surface area contributed by atoms with Gasteiger partial charge >= 0.3 is 4.63 Å². The van der Waals surface area contributed by atoms with Gasteiger partial charge in [0.05, 0.1) is 11.8 Å². The molecule has 0 heterocycles. The van der Waals surface area contributed by atoms with Crippen LogP contribution in [-0.4, -0.2) is 34.1 Å². The van der Waals surface area contributed by atoms with Crippen molar-refractivity contribution in [2.45, 2.75) is 0 Å². The Balaban J connectivity index is 3.86. The molecule has 0 amide bonds. The molecule has 0 aromatic carbocycles. The molecule has 0 aliphatic heterocycles. The van der Waals surface area contributed by atoms with Crippen LogP contribution in [0.1, 0.15) is 0 Å². The lowest BCUT2D eigenvalue weighted by Gasteiger charge is -1.96. The Labute approximate surface area is 80.5 Å². The second-order valence-electron chi connectivity index (χ2n) is 1.61. The molecule has 0 saturated carbocycles. The third kappa shape index (κ3) is 4.62. The van der Waals surface area contributed by atoms with E-state index in [9.17, 15) is 0 Å². The van der Waals surface area contributed by atoms with Crippen molar-refractivity contribution in [3.8, 4) is 0 Å². The van der Waals surface area contributed by atoms with E-state index >= 15 is 0 Å². The minimum atomic E-state index is 0.223. The van der Waals surface area contributed by atoms with Gasteiger partial charge in [-0.3, -0.25) is 0 Å². The SMILES string of the molecule is ClCC[N+](CCCl)=C(Cl)Cl. The highest BCUT2D eigenvalue weighted by atomic mass is 35.5. The van der Waals surface area contributed by atoms with Crippen molar-refractivity contribution < 1.29 is 4.58 Å². The first-order valence-electron chi connectivity index (χ1n) is 2.77. The standard InChI is InChI=1S/C5H8Cl4N/c6-1-3-10(4-2-7)5(8)9/h1-4H2/q+1.